The van der Waals surface area contributed by atoms with Crippen LogP contribution in [0.15, 0.2) is 48.5 Å². The highest BCUT2D eigenvalue weighted by Gasteiger charge is 2.27. The van der Waals surface area contributed by atoms with Crippen LogP contribution in [0, 0.1) is 11.6 Å². The van der Waals surface area contributed by atoms with Gasteiger partial charge in [0, 0.05) is 13.1 Å². The summed E-state index contributed by atoms with van der Waals surface area (Å²) < 4.78 is 26.8. The van der Waals surface area contributed by atoms with E-state index in [1.165, 1.54) is 24.3 Å². The lowest BCUT2D eigenvalue weighted by Gasteiger charge is -2.39. The Balaban J connectivity index is 2.02. The van der Waals surface area contributed by atoms with E-state index in [4.69, 9.17) is 0 Å². The molecule has 3 rings (SSSR count). The predicted octanol–water partition coefficient (Wildman–Crippen LogP) is 3.76. The van der Waals surface area contributed by atoms with Crippen LogP contribution in [0.3, 0.4) is 0 Å². The minimum absolute atomic E-state index is 0.0554. The molecule has 98 valence electrons. The number of likely N-dealkylation sites (tertiary alicyclic amines) is 1. The van der Waals surface area contributed by atoms with Crippen LogP contribution in [0.5, 0.6) is 0 Å². The van der Waals surface area contributed by atoms with E-state index in [2.05, 4.69) is 4.90 Å². The van der Waals surface area contributed by atoms with Gasteiger partial charge in [0.2, 0.25) is 0 Å². The lowest BCUT2D eigenvalue weighted by molar-refractivity contribution is 0.140. The zero-order valence-electron chi connectivity index (χ0n) is 10.5. The van der Waals surface area contributed by atoms with Crippen molar-refractivity contribution in [2.24, 2.45) is 0 Å². The summed E-state index contributed by atoms with van der Waals surface area (Å²) in [4.78, 5) is 2.24. The Kier molecular flexibility index (Phi) is 3.30. The maximum atomic E-state index is 13.4. The summed E-state index contributed by atoms with van der Waals surface area (Å²) in [6.45, 7) is 1.94. The second-order valence-electron chi connectivity index (χ2n) is 4.90. The third kappa shape index (κ3) is 2.51. The number of nitrogens with zero attached hydrogens (tertiary/aromatic N) is 1. The summed E-state index contributed by atoms with van der Waals surface area (Å²) >= 11 is 0. The van der Waals surface area contributed by atoms with Crippen molar-refractivity contribution in [1.29, 1.82) is 0 Å². The monoisotopic (exact) mass is 259 g/mol. The van der Waals surface area contributed by atoms with Crippen LogP contribution in [0.25, 0.3) is 0 Å². The molecule has 2 aromatic rings. The molecule has 19 heavy (non-hydrogen) atoms. The van der Waals surface area contributed by atoms with Crippen molar-refractivity contribution in [3.05, 3.63) is 71.3 Å². The van der Waals surface area contributed by atoms with Crippen LogP contribution in [0.2, 0.25) is 0 Å². The summed E-state index contributed by atoms with van der Waals surface area (Å²) in [6.07, 6.45) is 1.14. The Hall–Kier alpha value is -1.74. The van der Waals surface area contributed by atoms with E-state index >= 15 is 0 Å². The van der Waals surface area contributed by atoms with E-state index in [0.29, 0.717) is 0 Å². The molecule has 1 aliphatic heterocycles. The number of hydrogen-bond acceptors (Lipinski definition) is 1. The first kappa shape index (κ1) is 12.3. The highest BCUT2D eigenvalue weighted by molar-refractivity contribution is 5.33. The van der Waals surface area contributed by atoms with Crippen molar-refractivity contribution in [3.8, 4) is 0 Å². The van der Waals surface area contributed by atoms with Crippen LogP contribution >= 0.6 is 0 Å². The van der Waals surface area contributed by atoms with Gasteiger partial charge in [-0.3, -0.25) is 4.90 Å². The van der Waals surface area contributed by atoms with Gasteiger partial charge in [0.25, 0.3) is 0 Å². The van der Waals surface area contributed by atoms with Gasteiger partial charge in [0.15, 0.2) is 0 Å². The largest absolute Gasteiger partial charge is 0.292 e. The minimum Gasteiger partial charge on any atom is -0.292 e. The van der Waals surface area contributed by atoms with E-state index in [9.17, 15) is 8.78 Å². The summed E-state index contributed by atoms with van der Waals surface area (Å²) in [5, 5.41) is 0. The second-order valence-corrected chi connectivity index (χ2v) is 4.90. The van der Waals surface area contributed by atoms with Crippen molar-refractivity contribution in [1.82, 2.24) is 4.90 Å². The maximum Gasteiger partial charge on any atom is 0.123 e. The average Bonchev–Trinajstić information content (AvgIpc) is 2.33. The minimum atomic E-state index is -0.251. The number of rotatable bonds is 3. The lowest BCUT2D eigenvalue weighted by atomic mass is 9.94. The molecule has 1 nitrogen and oxygen atoms in total. The SMILES string of the molecule is Fc1cccc(C(c2cccc(F)c2)N2CCC2)c1. The maximum absolute atomic E-state index is 13.4. The number of halogens is 2. The summed E-state index contributed by atoms with van der Waals surface area (Å²) in [5.41, 5.74) is 1.76. The van der Waals surface area contributed by atoms with Crippen molar-refractivity contribution >= 4 is 0 Å². The first-order valence-electron chi connectivity index (χ1n) is 6.49. The van der Waals surface area contributed by atoms with Gasteiger partial charge in [-0.15, -0.1) is 0 Å². The molecule has 3 heteroatoms. The van der Waals surface area contributed by atoms with Gasteiger partial charge in [0.05, 0.1) is 6.04 Å². The fourth-order valence-corrected chi connectivity index (χ4v) is 2.57. The van der Waals surface area contributed by atoms with E-state index in [-0.39, 0.29) is 17.7 Å². The van der Waals surface area contributed by atoms with Crippen molar-refractivity contribution in [2.45, 2.75) is 12.5 Å². The molecule has 0 bridgehead atoms. The molecule has 0 radical (unpaired) electrons. The number of hydrogen-bond donors (Lipinski definition) is 0. The smallest absolute Gasteiger partial charge is 0.123 e. The Morgan fingerprint density at radius 3 is 1.74 bits per heavy atom. The van der Waals surface area contributed by atoms with Crippen molar-refractivity contribution in [2.75, 3.05) is 13.1 Å². The molecule has 2 aromatic carbocycles. The zero-order valence-corrected chi connectivity index (χ0v) is 10.5. The molecule has 0 unspecified atom stereocenters. The predicted molar refractivity (Wildman–Crippen MR) is 70.8 cm³/mol. The molecule has 1 saturated heterocycles. The topological polar surface area (TPSA) is 3.24 Å². The Labute approximate surface area is 111 Å². The van der Waals surface area contributed by atoms with Crippen LogP contribution in [0.1, 0.15) is 23.6 Å². The van der Waals surface area contributed by atoms with E-state index in [1.54, 1.807) is 12.1 Å². The van der Waals surface area contributed by atoms with Gasteiger partial charge in [-0.1, -0.05) is 24.3 Å². The molecule has 1 heterocycles. The van der Waals surface area contributed by atoms with Gasteiger partial charge in [0.1, 0.15) is 11.6 Å². The second kappa shape index (κ2) is 5.10. The fourth-order valence-electron chi connectivity index (χ4n) is 2.57. The van der Waals surface area contributed by atoms with Crippen LogP contribution in [-0.4, -0.2) is 18.0 Å². The molecule has 0 amide bonds. The van der Waals surface area contributed by atoms with Crippen molar-refractivity contribution < 1.29 is 8.78 Å². The van der Waals surface area contributed by atoms with E-state index in [0.717, 1.165) is 30.6 Å². The summed E-state index contributed by atoms with van der Waals surface area (Å²) in [5.74, 6) is -0.501. The Bertz CT molecular complexity index is 533. The molecule has 0 spiro atoms. The molecular weight excluding hydrogens is 244 g/mol. The third-order valence-electron chi connectivity index (χ3n) is 3.58. The third-order valence-corrected chi connectivity index (χ3v) is 3.58. The van der Waals surface area contributed by atoms with Crippen molar-refractivity contribution in [3.63, 3.8) is 0 Å². The van der Waals surface area contributed by atoms with Crippen LogP contribution in [-0.2, 0) is 0 Å². The van der Waals surface area contributed by atoms with Gasteiger partial charge in [-0.05, 0) is 41.8 Å². The Morgan fingerprint density at radius 1 is 0.842 bits per heavy atom. The quantitative estimate of drug-likeness (QED) is 0.811. The standard InChI is InChI=1S/C16H15F2N/c17-14-6-1-4-12(10-14)16(19-8-3-9-19)13-5-2-7-15(18)11-13/h1-2,4-7,10-11,16H,3,8-9H2. The fraction of sp³-hybridized carbons (Fsp3) is 0.250. The Morgan fingerprint density at radius 2 is 1.37 bits per heavy atom. The lowest BCUT2D eigenvalue weighted by Crippen LogP contribution is -2.40. The van der Waals surface area contributed by atoms with E-state index < -0.39 is 0 Å². The average molecular weight is 259 g/mol. The molecule has 0 N–H and O–H groups in total. The highest BCUT2D eigenvalue weighted by atomic mass is 19.1. The van der Waals surface area contributed by atoms with Gasteiger partial charge >= 0.3 is 0 Å². The zero-order chi connectivity index (χ0) is 13.2. The highest BCUT2D eigenvalue weighted by Crippen LogP contribution is 2.32. The normalized spacial score (nSPS) is 15.5. The first-order valence-corrected chi connectivity index (χ1v) is 6.49. The molecule has 0 saturated carbocycles. The van der Waals surface area contributed by atoms with Gasteiger partial charge in [-0.25, -0.2) is 8.78 Å². The number of benzene rings is 2. The molecule has 1 aliphatic rings. The first-order chi connectivity index (χ1) is 9.24. The van der Waals surface area contributed by atoms with Crippen LogP contribution < -0.4 is 0 Å². The van der Waals surface area contributed by atoms with Gasteiger partial charge < -0.3 is 0 Å². The molecule has 0 aromatic heterocycles. The van der Waals surface area contributed by atoms with E-state index in [1.807, 2.05) is 12.1 Å². The molecule has 0 aliphatic carbocycles. The van der Waals surface area contributed by atoms with Gasteiger partial charge in [-0.2, -0.15) is 0 Å². The summed E-state index contributed by atoms with van der Waals surface area (Å²) in [6, 6.07) is 13.1. The summed E-state index contributed by atoms with van der Waals surface area (Å²) in [7, 11) is 0. The molecule has 0 atom stereocenters. The van der Waals surface area contributed by atoms with Crippen LogP contribution in [0.4, 0.5) is 8.78 Å². The molecular formula is C16H15F2N. The molecule has 1 fully saturated rings.